The smallest absolute Gasteiger partial charge is 0.251 e. The summed E-state index contributed by atoms with van der Waals surface area (Å²) in [4.78, 5) is 23.5. The van der Waals surface area contributed by atoms with Crippen LogP contribution in [0.25, 0.3) is 0 Å². The van der Waals surface area contributed by atoms with Crippen LogP contribution in [0.15, 0.2) is 48.5 Å². The van der Waals surface area contributed by atoms with Crippen molar-refractivity contribution in [2.45, 2.75) is 6.92 Å². The molecule has 0 fully saturated rings. The number of anilines is 1. The first-order chi connectivity index (χ1) is 10.0. The lowest BCUT2D eigenvalue weighted by Gasteiger charge is -2.07. The van der Waals surface area contributed by atoms with E-state index in [0.29, 0.717) is 11.3 Å². The minimum Gasteiger partial charge on any atom is -0.343 e. The Morgan fingerprint density at radius 1 is 1.00 bits per heavy atom. The molecule has 0 saturated heterocycles. The highest BCUT2D eigenvalue weighted by Crippen LogP contribution is 2.07. The summed E-state index contributed by atoms with van der Waals surface area (Å²) in [6, 6.07) is 12.5. The highest BCUT2D eigenvalue weighted by atomic mass is 19.1. The number of nitrogens with one attached hydrogen (secondary N) is 2. The number of aryl methyl sites for hydroxylation is 1. The van der Waals surface area contributed by atoms with Crippen LogP contribution in [0.3, 0.4) is 0 Å². The highest BCUT2D eigenvalue weighted by molar-refractivity contribution is 5.99. The van der Waals surface area contributed by atoms with Crippen molar-refractivity contribution in [3.8, 4) is 0 Å². The molecule has 2 rings (SSSR count). The van der Waals surface area contributed by atoms with Crippen molar-refractivity contribution in [1.29, 1.82) is 0 Å². The van der Waals surface area contributed by atoms with Crippen molar-refractivity contribution in [1.82, 2.24) is 5.32 Å². The van der Waals surface area contributed by atoms with E-state index in [2.05, 4.69) is 10.6 Å². The molecule has 108 valence electrons. The Morgan fingerprint density at radius 2 is 1.62 bits per heavy atom. The van der Waals surface area contributed by atoms with Gasteiger partial charge in [0.15, 0.2) is 0 Å². The molecule has 0 heterocycles. The molecule has 5 heteroatoms. The van der Waals surface area contributed by atoms with E-state index in [-0.39, 0.29) is 24.2 Å². The first kappa shape index (κ1) is 14.7. The zero-order valence-corrected chi connectivity index (χ0v) is 11.5. The highest BCUT2D eigenvalue weighted by Gasteiger charge is 2.08. The molecule has 0 aromatic heterocycles. The van der Waals surface area contributed by atoms with Crippen molar-refractivity contribution in [2.75, 3.05) is 11.9 Å². The fourth-order valence-corrected chi connectivity index (χ4v) is 1.71. The number of amides is 2. The summed E-state index contributed by atoms with van der Waals surface area (Å²) in [5.74, 6) is -1.06. The molecule has 21 heavy (non-hydrogen) atoms. The Morgan fingerprint density at radius 3 is 2.24 bits per heavy atom. The first-order valence-corrected chi connectivity index (χ1v) is 6.45. The number of carbonyl (C=O) groups is 2. The lowest BCUT2D eigenvalue weighted by Crippen LogP contribution is -2.32. The molecular weight excluding hydrogens is 271 g/mol. The fraction of sp³-hybridized carbons (Fsp3) is 0.125. The number of halogens is 1. The first-order valence-electron chi connectivity index (χ1n) is 6.45. The lowest BCUT2D eigenvalue weighted by molar-refractivity contribution is -0.115. The van der Waals surface area contributed by atoms with Gasteiger partial charge in [0, 0.05) is 11.3 Å². The van der Waals surface area contributed by atoms with E-state index in [1.54, 1.807) is 12.1 Å². The van der Waals surface area contributed by atoms with Crippen LogP contribution in [-0.4, -0.2) is 18.4 Å². The van der Waals surface area contributed by atoms with E-state index < -0.39 is 0 Å². The Kier molecular flexibility index (Phi) is 4.66. The van der Waals surface area contributed by atoms with Gasteiger partial charge >= 0.3 is 0 Å². The monoisotopic (exact) mass is 286 g/mol. The maximum atomic E-state index is 12.7. The molecule has 4 nitrogen and oxygen atoms in total. The van der Waals surface area contributed by atoms with Crippen LogP contribution < -0.4 is 10.6 Å². The average Bonchev–Trinajstić information content (AvgIpc) is 2.48. The maximum absolute atomic E-state index is 12.7. The van der Waals surface area contributed by atoms with Crippen LogP contribution in [0.1, 0.15) is 15.9 Å². The molecule has 0 spiro atoms. The normalized spacial score (nSPS) is 10.0. The van der Waals surface area contributed by atoms with Gasteiger partial charge in [-0.3, -0.25) is 9.59 Å². The lowest BCUT2D eigenvalue weighted by atomic mass is 10.1. The van der Waals surface area contributed by atoms with Crippen molar-refractivity contribution in [2.24, 2.45) is 0 Å². The van der Waals surface area contributed by atoms with Crippen molar-refractivity contribution in [3.63, 3.8) is 0 Å². The van der Waals surface area contributed by atoms with Crippen LogP contribution >= 0.6 is 0 Å². The summed E-state index contributed by atoms with van der Waals surface area (Å²) in [5.41, 5.74) is 2.03. The van der Waals surface area contributed by atoms with Gasteiger partial charge in [0.2, 0.25) is 5.91 Å². The molecule has 0 radical (unpaired) electrons. The molecule has 2 aromatic rings. The summed E-state index contributed by atoms with van der Waals surface area (Å²) in [6.07, 6.45) is 0. The third kappa shape index (κ3) is 4.42. The summed E-state index contributed by atoms with van der Waals surface area (Å²) < 4.78 is 12.7. The van der Waals surface area contributed by atoms with E-state index in [1.165, 1.54) is 24.3 Å². The van der Waals surface area contributed by atoms with Crippen molar-refractivity contribution >= 4 is 17.5 Å². The number of carbonyl (C=O) groups excluding carboxylic acids is 2. The minimum absolute atomic E-state index is 0.149. The van der Waals surface area contributed by atoms with Crippen LogP contribution in [0.2, 0.25) is 0 Å². The predicted molar refractivity (Wildman–Crippen MR) is 78.5 cm³/mol. The van der Waals surface area contributed by atoms with Gasteiger partial charge in [0.25, 0.3) is 5.91 Å². The Bertz CT molecular complexity index is 636. The van der Waals surface area contributed by atoms with Crippen LogP contribution in [0.4, 0.5) is 10.1 Å². The van der Waals surface area contributed by atoms with Gasteiger partial charge in [-0.15, -0.1) is 0 Å². The van der Waals surface area contributed by atoms with Gasteiger partial charge in [-0.1, -0.05) is 17.7 Å². The van der Waals surface area contributed by atoms with Crippen LogP contribution in [0.5, 0.6) is 0 Å². The quantitative estimate of drug-likeness (QED) is 0.907. The van der Waals surface area contributed by atoms with Crippen molar-refractivity contribution in [3.05, 3.63) is 65.5 Å². The van der Waals surface area contributed by atoms with Gasteiger partial charge < -0.3 is 10.6 Å². The predicted octanol–water partition coefficient (Wildman–Crippen LogP) is 2.50. The number of benzene rings is 2. The van der Waals surface area contributed by atoms with E-state index >= 15 is 0 Å². The molecule has 0 saturated carbocycles. The number of hydrogen-bond acceptors (Lipinski definition) is 2. The molecule has 2 amide bonds. The fourth-order valence-electron chi connectivity index (χ4n) is 1.71. The summed E-state index contributed by atoms with van der Waals surface area (Å²) in [7, 11) is 0. The largest absolute Gasteiger partial charge is 0.343 e. The summed E-state index contributed by atoms with van der Waals surface area (Å²) in [5, 5.41) is 5.09. The zero-order valence-electron chi connectivity index (χ0n) is 11.5. The Balaban J connectivity index is 1.84. The Hall–Kier alpha value is -2.69. The van der Waals surface area contributed by atoms with Gasteiger partial charge in [0.1, 0.15) is 5.82 Å². The third-order valence-corrected chi connectivity index (χ3v) is 2.85. The SMILES string of the molecule is Cc1ccc(C(=O)NCC(=O)Nc2ccc(F)cc2)cc1. The van der Waals surface area contributed by atoms with E-state index in [1.807, 2.05) is 19.1 Å². The van der Waals surface area contributed by atoms with Gasteiger partial charge in [-0.25, -0.2) is 4.39 Å². The number of rotatable bonds is 4. The zero-order chi connectivity index (χ0) is 15.2. The molecule has 2 N–H and O–H groups in total. The molecule has 0 aliphatic carbocycles. The standard InChI is InChI=1S/C16H15FN2O2/c1-11-2-4-12(5-3-11)16(21)18-10-15(20)19-14-8-6-13(17)7-9-14/h2-9H,10H2,1H3,(H,18,21)(H,19,20). The third-order valence-electron chi connectivity index (χ3n) is 2.85. The molecule has 0 atom stereocenters. The molecule has 2 aromatic carbocycles. The van der Waals surface area contributed by atoms with Crippen LogP contribution in [-0.2, 0) is 4.79 Å². The van der Waals surface area contributed by atoms with E-state index in [9.17, 15) is 14.0 Å². The second kappa shape index (κ2) is 6.65. The molecule has 0 unspecified atom stereocenters. The van der Waals surface area contributed by atoms with Crippen LogP contribution in [0, 0.1) is 12.7 Å². The second-order valence-electron chi connectivity index (χ2n) is 4.60. The molecule has 0 aliphatic heterocycles. The number of hydrogen-bond donors (Lipinski definition) is 2. The Labute approximate surface area is 122 Å². The van der Waals surface area contributed by atoms with Crippen molar-refractivity contribution < 1.29 is 14.0 Å². The molecule has 0 bridgehead atoms. The van der Waals surface area contributed by atoms with E-state index in [4.69, 9.17) is 0 Å². The second-order valence-corrected chi connectivity index (χ2v) is 4.60. The summed E-state index contributed by atoms with van der Waals surface area (Å²) >= 11 is 0. The topological polar surface area (TPSA) is 58.2 Å². The van der Waals surface area contributed by atoms with Gasteiger partial charge in [-0.05, 0) is 43.3 Å². The van der Waals surface area contributed by atoms with E-state index in [0.717, 1.165) is 5.56 Å². The van der Waals surface area contributed by atoms with Gasteiger partial charge in [0.05, 0.1) is 6.54 Å². The molecule has 0 aliphatic rings. The minimum atomic E-state index is -0.374. The average molecular weight is 286 g/mol. The summed E-state index contributed by atoms with van der Waals surface area (Å²) in [6.45, 7) is 1.78. The molecular formula is C16H15FN2O2. The maximum Gasteiger partial charge on any atom is 0.251 e. The van der Waals surface area contributed by atoms with Gasteiger partial charge in [-0.2, -0.15) is 0 Å².